The number of aromatic amines is 1. The molecule has 0 fully saturated rings. The Morgan fingerprint density at radius 3 is 3.23 bits per heavy atom. The van der Waals surface area contributed by atoms with Gasteiger partial charge in [-0.2, -0.15) is 5.10 Å². The molecule has 26 heavy (non-hydrogen) atoms. The lowest BCUT2D eigenvalue weighted by molar-refractivity contribution is 0.347. The number of para-hydroxylation sites is 1. The maximum atomic E-state index is 5.96. The standard InChI is InChI=1S/C19H20N6O/c1-2-4-16-14(3-1)7-17(26-16)19-15(10-21-24-19)9-20-8-13-5-6-18-23-22-12-25(18)11-13/h1-4,7,10,12-13,20H,5-6,8-9,11H2,(H,21,24). The Morgan fingerprint density at radius 2 is 2.27 bits per heavy atom. The minimum absolute atomic E-state index is 0.597. The highest BCUT2D eigenvalue weighted by molar-refractivity contribution is 5.82. The van der Waals surface area contributed by atoms with Crippen molar-refractivity contribution in [1.82, 2.24) is 30.3 Å². The van der Waals surface area contributed by atoms with Crippen LogP contribution >= 0.6 is 0 Å². The fourth-order valence-corrected chi connectivity index (χ4v) is 3.67. The van der Waals surface area contributed by atoms with Crippen molar-refractivity contribution < 1.29 is 4.42 Å². The molecule has 1 aromatic carbocycles. The van der Waals surface area contributed by atoms with Gasteiger partial charge in [0.05, 0.1) is 6.20 Å². The summed E-state index contributed by atoms with van der Waals surface area (Å²) in [6.45, 7) is 2.70. The first-order valence-electron chi connectivity index (χ1n) is 8.95. The molecule has 5 rings (SSSR count). The van der Waals surface area contributed by atoms with E-state index in [0.29, 0.717) is 5.92 Å². The van der Waals surface area contributed by atoms with Gasteiger partial charge in [0.25, 0.3) is 0 Å². The Kier molecular flexibility index (Phi) is 3.79. The molecular weight excluding hydrogens is 328 g/mol. The van der Waals surface area contributed by atoms with Crippen LogP contribution in [0, 0.1) is 5.92 Å². The van der Waals surface area contributed by atoms with Gasteiger partial charge >= 0.3 is 0 Å². The summed E-state index contributed by atoms with van der Waals surface area (Å²) in [5.41, 5.74) is 2.95. The Hall–Kier alpha value is -2.93. The first-order chi connectivity index (χ1) is 12.9. The first-order valence-corrected chi connectivity index (χ1v) is 8.95. The number of furan rings is 1. The quantitative estimate of drug-likeness (QED) is 0.579. The molecular formula is C19H20N6O. The zero-order valence-corrected chi connectivity index (χ0v) is 14.4. The Bertz CT molecular complexity index is 996. The number of H-pyrrole nitrogens is 1. The highest BCUT2D eigenvalue weighted by atomic mass is 16.3. The van der Waals surface area contributed by atoms with Gasteiger partial charge in [-0.05, 0) is 31.0 Å². The van der Waals surface area contributed by atoms with Crippen molar-refractivity contribution in [2.45, 2.75) is 25.9 Å². The highest BCUT2D eigenvalue weighted by Crippen LogP contribution is 2.28. The lowest BCUT2D eigenvalue weighted by atomic mass is 9.99. The van der Waals surface area contributed by atoms with E-state index in [1.807, 2.05) is 30.7 Å². The lowest BCUT2D eigenvalue weighted by Crippen LogP contribution is -2.29. The summed E-state index contributed by atoms with van der Waals surface area (Å²) in [4.78, 5) is 0. The van der Waals surface area contributed by atoms with Crippen molar-refractivity contribution in [2.75, 3.05) is 6.54 Å². The third-order valence-electron chi connectivity index (χ3n) is 5.07. The van der Waals surface area contributed by atoms with Crippen LogP contribution in [0.3, 0.4) is 0 Å². The molecule has 0 spiro atoms. The number of nitrogens with zero attached hydrogens (tertiary/aromatic N) is 4. The molecule has 0 aliphatic carbocycles. The smallest absolute Gasteiger partial charge is 0.153 e. The molecule has 0 bridgehead atoms. The molecule has 1 unspecified atom stereocenters. The molecule has 2 N–H and O–H groups in total. The van der Waals surface area contributed by atoms with E-state index >= 15 is 0 Å². The zero-order valence-electron chi connectivity index (χ0n) is 14.4. The van der Waals surface area contributed by atoms with Crippen LogP contribution in [0.25, 0.3) is 22.4 Å². The summed E-state index contributed by atoms with van der Waals surface area (Å²) in [6.07, 6.45) is 5.85. The van der Waals surface area contributed by atoms with Crippen molar-refractivity contribution in [3.63, 3.8) is 0 Å². The van der Waals surface area contributed by atoms with Gasteiger partial charge in [0.15, 0.2) is 5.76 Å². The minimum Gasteiger partial charge on any atom is -0.454 e. The van der Waals surface area contributed by atoms with Gasteiger partial charge in [-0.15, -0.1) is 10.2 Å². The number of rotatable bonds is 5. The van der Waals surface area contributed by atoms with Gasteiger partial charge in [-0.3, -0.25) is 5.10 Å². The average molecular weight is 348 g/mol. The second kappa shape index (κ2) is 6.42. The van der Waals surface area contributed by atoms with Crippen molar-refractivity contribution in [1.29, 1.82) is 0 Å². The monoisotopic (exact) mass is 348 g/mol. The molecule has 4 heterocycles. The summed E-state index contributed by atoms with van der Waals surface area (Å²) >= 11 is 0. The van der Waals surface area contributed by atoms with Crippen LogP contribution in [0.4, 0.5) is 0 Å². The van der Waals surface area contributed by atoms with E-state index < -0.39 is 0 Å². The lowest BCUT2D eigenvalue weighted by Gasteiger charge is -2.23. The van der Waals surface area contributed by atoms with Gasteiger partial charge in [0, 0.05) is 30.5 Å². The van der Waals surface area contributed by atoms with E-state index in [4.69, 9.17) is 4.42 Å². The van der Waals surface area contributed by atoms with Gasteiger partial charge in [0.1, 0.15) is 23.4 Å². The highest BCUT2D eigenvalue weighted by Gasteiger charge is 2.19. The van der Waals surface area contributed by atoms with Crippen molar-refractivity contribution in [3.8, 4) is 11.5 Å². The number of aromatic nitrogens is 5. The Morgan fingerprint density at radius 1 is 1.31 bits per heavy atom. The van der Waals surface area contributed by atoms with Crippen molar-refractivity contribution in [3.05, 3.63) is 54.2 Å². The van der Waals surface area contributed by atoms with Gasteiger partial charge in [-0.25, -0.2) is 0 Å². The number of fused-ring (bicyclic) bond motifs is 2. The van der Waals surface area contributed by atoms with Gasteiger partial charge in [-0.1, -0.05) is 18.2 Å². The molecule has 0 saturated heterocycles. The van der Waals surface area contributed by atoms with E-state index in [-0.39, 0.29) is 0 Å². The third kappa shape index (κ3) is 2.80. The van der Waals surface area contributed by atoms with Crippen LogP contribution in [0.5, 0.6) is 0 Å². The zero-order chi connectivity index (χ0) is 17.3. The van der Waals surface area contributed by atoms with E-state index in [1.54, 1.807) is 0 Å². The molecule has 1 atom stereocenters. The number of hydrogen-bond donors (Lipinski definition) is 2. The minimum atomic E-state index is 0.597. The van der Waals surface area contributed by atoms with E-state index in [1.165, 1.54) is 0 Å². The van der Waals surface area contributed by atoms with Crippen LogP contribution in [0.15, 0.2) is 47.3 Å². The Labute approximate surface area is 150 Å². The third-order valence-corrected chi connectivity index (χ3v) is 5.07. The van der Waals surface area contributed by atoms with Crippen LogP contribution in [-0.4, -0.2) is 31.5 Å². The topological polar surface area (TPSA) is 84.6 Å². The molecule has 7 nitrogen and oxygen atoms in total. The van der Waals surface area contributed by atoms with E-state index in [0.717, 1.165) is 66.3 Å². The van der Waals surface area contributed by atoms with Gasteiger partial charge in [0.2, 0.25) is 0 Å². The summed E-state index contributed by atoms with van der Waals surface area (Å²) in [5.74, 6) is 2.52. The molecule has 0 saturated carbocycles. The molecule has 3 aromatic heterocycles. The summed E-state index contributed by atoms with van der Waals surface area (Å²) in [7, 11) is 0. The van der Waals surface area contributed by atoms with Crippen molar-refractivity contribution >= 4 is 11.0 Å². The number of hydrogen-bond acceptors (Lipinski definition) is 5. The predicted molar refractivity (Wildman–Crippen MR) is 97.3 cm³/mol. The SMILES string of the molecule is c1ccc2oc(-c3[nH]ncc3CNCC3CCc4nncn4C3)cc2c1. The Balaban J connectivity index is 1.25. The number of aryl methyl sites for hydroxylation is 1. The molecule has 1 aliphatic rings. The number of nitrogens with one attached hydrogen (secondary N) is 2. The second-order valence-electron chi connectivity index (χ2n) is 6.85. The average Bonchev–Trinajstić information content (AvgIpc) is 3.39. The molecule has 0 radical (unpaired) electrons. The maximum Gasteiger partial charge on any atom is 0.153 e. The normalized spacial score (nSPS) is 16.8. The largest absolute Gasteiger partial charge is 0.454 e. The van der Waals surface area contributed by atoms with Crippen LogP contribution in [0.2, 0.25) is 0 Å². The number of benzene rings is 1. The molecule has 7 heteroatoms. The van der Waals surface area contributed by atoms with E-state index in [9.17, 15) is 0 Å². The summed E-state index contributed by atoms with van der Waals surface area (Å²) < 4.78 is 8.12. The first kappa shape index (κ1) is 15.3. The van der Waals surface area contributed by atoms with Crippen LogP contribution in [-0.2, 0) is 19.5 Å². The van der Waals surface area contributed by atoms with E-state index in [2.05, 4.69) is 42.4 Å². The molecule has 1 aliphatic heterocycles. The predicted octanol–water partition coefficient (Wildman–Crippen LogP) is 2.77. The fraction of sp³-hybridized carbons (Fsp3) is 0.316. The molecule has 4 aromatic rings. The van der Waals surface area contributed by atoms with Gasteiger partial charge < -0.3 is 14.3 Å². The second-order valence-corrected chi connectivity index (χ2v) is 6.85. The molecule has 132 valence electrons. The van der Waals surface area contributed by atoms with Crippen LogP contribution < -0.4 is 5.32 Å². The maximum absolute atomic E-state index is 5.96. The fourth-order valence-electron chi connectivity index (χ4n) is 3.67. The summed E-state index contributed by atoms with van der Waals surface area (Å²) in [5, 5.41) is 20.1. The molecule has 0 amide bonds. The summed E-state index contributed by atoms with van der Waals surface area (Å²) in [6, 6.07) is 10.1. The van der Waals surface area contributed by atoms with Crippen LogP contribution in [0.1, 0.15) is 17.8 Å². The van der Waals surface area contributed by atoms with Crippen molar-refractivity contribution in [2.24, 2.45) is 5.92 Å².